The van der Waals surface area contributed by atoms with Crippen molar-refractivity contribution in [2.24, 2.45) is 0 Å². The standard InChI is InChI=1S/C10H10O3.C6H12O3/c11-10(13-7-9-6-12-9)8-4-2-1-3-5-8;1-5(8-3)4-9-6(2)7/h1-5,9H,6-7H2;5H,4H2,1-3H3. The Morgan fingerprint density at radius 1 is 1.27 bits per heavy atom. The van der Waals surface area contributed by atoms with E-state index in [1.807, 2.05) is 25.1 Å². The quantitative estimate of drug-likeness (QED) is 0.589. The van der Waals surface area contributed by atoms with E-state index in [1.165, 1.54) is 6.92 Å². The van der Waals surface area contributed by atoms with Crippen LogP contribution in [0.4, 0.5) is 0 Å². The van der Waals surface area contributed by atoms with Crippen LogP contribution in [0.25, 0.3) is 0 Å². The number of epoxide rings is 1. The van der Waals surface area contributed by atoms with Gasteiger partial charge >= 0.3 is 11.9 Å². The highest BCUT2D eigenvalue weighted by molar-refractivity contribution is 5.89. The maximum absolute atomic E-state index is 11.3. The van der Waals surface area contributed by atoms with Gasteiger partial charge in [0.1, 0.15) is 19.3 Å². The highest BCUT2D eigenvalue weighted by Crippen LogP contribution is 2.10. The van der Waals surface area contributed by atoms with Crippen LogP contribution in [-0.2, 0) is 23.7 Å². The summed E-state index contributed by atoms with van der Waals surface area (Å²) >= 11 is 0. The molecule has 0 spiro atoms. The molecule has 0 N–H and O–H groups in total. The van der Waals surface area contributed by atoms with Crippen molar-refractivity contribution < 1.29 is 28.5 Å². The van der Waals surface area contributed by atoms with Crippen LogP contribution in [0.1, 0.15) is 24.2 Å². The second-order valence-electron chi connectivity index (χ2n) is 4.77. The fraction of sp³-hybridized carbons (Fsp3) is 0.500. The van der Waals surface area contributed by atoms with Crippen LogP contribution in [0.3, 0.4) is 0 Å². The van der Waals surface area contributed by atoms with Crippen LogP contribution in [-0.4, -0.2) is 51.1 Å². The third-order valence-electron chi connectivity index (χ3n) is 2.74. The van der Waals surface area contributed by atoms with E-state index in [1.54, 1.807) is 19.2 Å². The van der Waals surface area contributed by atoms with Gasteiger partial charge in [0.25, 0.3) is 0 Å². The molecule has 6 heteroatoms. The number of carbonyl (C=O) groups excluding carboxylic acids is 2. The van der Waals surface area contributed by atoms with Crippen LogP contribution in [0, 0.1) is 0 Å². The van der Waals surface area contributed by atoms with Crippen molar-refractivity contribution in [2.75, 3.05) is 26.9 Å². The minimum atomic E-state index is -0.281. The van der Waals surface area contributed by atoms with Crippen LogP contribution in [0.15, 0.2) is 30.3 Å². The van der Waals surface area contributed by atoms with Crippen LogP contribution in [0.5, 0.6) is 0 Å². The first kappa shape index (κ1) is 18.1. The van der Waals surface area contributed by atoms with Crippen molar-refractivity contribution in [3.05, 3.63) is 35.9 Å². The Bertz CT molecular complexity index is 455. The number of hydrogen-bond acceptors (Lipinski definition) is 6. The van der Waals surface area contributed by atoms with Gasteiger partial charge < -0.3 is 18.9 Å². The minimum absolute atomic E-state index is 0.00565. The summed E-state index contributed by atoms with van der Waals surface area (Å²) < 4.78 is 19.4. The normalized spacial score (nSPS) is 16.8. The van der Waals surface area contributed by atoms with E-state index in [0.717, 1.165) is 0 Å². The zero-order valence-electron chi connectivity index (χ0n) is 13.1. The largest absolute Gasteiger partial charge is 0.463 e. The van der Waals surface area contributed by atoms with E-state index in [0.29, 0.717) is 25.4 Å². The zero-order chi connectivity index (χ0) is 16.4. The van der Waals surface area contributed by atoms with Crippen LogP contribution < -0.4 is 0 Å². The smallest absolute Gasteiger partial charge is 0.338 e. The average molecular weight is 310 g/mol. The monoisotopic (exact) mass is 310 g/mol. The summed E-state index contributed by atoms with van der Waals surface area (Å²) in [6.07, 6.45) is 0.126. The fourth-order valence-electron chi connectivity index (χ4n) is 1.29. The molecule has 0 bridgehead atoms. The summed E-state index contributed by atoms with van der Waals surface area (Å²) in [7, 11) is 1.58. The van der Waals surface area contributed by atoms with Crippen molar-refractivity contribution in [1.29, 1.82) is 0 Å². The Labute approximate surface area is 130 Å². The van der Waals surface area contributed by atoms with Gasteiger partial charge in [0.15, 0.2) is 0 Å². The minimum Gasteiger partial charge on any atom is -0.463 e. The lowest BCUT2D eigenvalue weighted by Crippen LogP contribution is -2.15. The highest BCUT2D eigenvalue weighted by atomic mass is 16.6. The Kier molecular flexibility index (Phi) is 8.17. The molecule has 1 aliphatic heterocycles. The molecule has 0 amide bonds. The molecule has 122 valence electrons. The second-order valence-corrected chi connectivity index (χ2v) is 4.77. The Morgan fingerprint density at radius 2 is 1.91 bits per heavy atom. The summed E-state index contributed by atoms with van der Waals surface area (Å²) in [4.78, 5) is 21.5. The summed E-state index contributed by atoms with van der Waals surface area (Å²) in [6, 6.07) is 8.95. The lowest BCUT2D eigenvalue weighted by atomic mass is 10.2. The first-order valence-electron chi connectivity index (χ1n) is 7.02. The summed E-state index contributed by atoms with van der Waals surface area (Å²) in [5.74, 6) is -0.546. The molecule has 6 nitrogen and oxygen atoms in total. The summed E-state index contributed by atoms with van der Waals surface area (Å²) in [5, 5.41) is 0. The van der Waals surface area contributed by atoms with Gasteiger partial charge in [0.05, 0.1) is 18.3 Å². The van der Waals surface area contributed by atoms with Crippen molar-refractivity contribution in [2.45, 2.75) is 26.1 Å². The van der Waals surface area contributed by atoms with Crippen molar-refractivity contribution in [1.82, 2.24) is 0 Å². The Morgan fingerprint density at radius 3 is 2.41 bits per heavy atom. The maximum atomic E-state index is 11.3. The van der Waals surface area contributed by atoms with Crippen molar-refractivity contribution >= 4 is 11.9 Å². The molecule has 0 radical (unpaired) electrons. The molecule has 1 saturated heterocycles. The molecule has 1 aliphatic rings. The molecule has 2 rings (SSSR count). The average Bonchev–Trinajstić information content (AvgIpc) is 3.36. The molecule has 1 aromatic carbocycles. The van der Waals surface area contributed by atoms with Gasteiger partial charge in [-0.15, -0.1) is 0 Å². The van der Waals surface area contributed by atoms with E-state index in [2.05, 4.69) is 4.74 Å². The third kappa shape index (κ3) is 8.39. The molecule has 2 atom stereocenters. The number of esters is 2. The SMILES string of the molecule is COC(C)COC(C)=O.O=C(OCC1CO1)c1ccccc1. The maximum Gasteiger partial charge on any atom is 0.338 e. The summed E-state index contributed by atoms with van der Waals surface area (Å²) in [6.45, 7) is 4.63. The topological polar surface area (TPSA) is 74.4 Å². The summed E-state index contributed by atoms with van der Waals surface area (Å²) in [5.41, 5.74) is 0.586. The lowest BCUT2D eigenvalue weighted by Gasteiger charge is -2.07. The molecular formula is C16H22O6. The second kappa shape index (κ2) is 9.92. The van der Waals surface area contributed by atoms with Gasteiger partial charge in [0.2, 0.25) is 0 Å². The molecule has 1 aromatic rings. The van der Waals surface area contributed by atoms with Crippen LogP contribution in [0.2, 0.25) is 0 Å². The number of carbonyl (C=O) groups is 2. The fourth-order valence-corrected chi connectivity index (χ4v) is 1.29. The van der Waals surface area contributed by atoms with E-state index in [4.69, 9.17) is 14.2 Å². The molecule has 1 heterocycles. The zero-order valence-corrected chi connectivity index (χ0v) is 13.1. The van der Waals surface area contributed by atoms with Gasteiger partial charge in [0, 0.05) is 14.0 Å². The van der Waals surface area contributed by atoms with Crippen LogP contribution >= 0.6 is 0 Å². The van der Waals surface area contributed by atoms with Gasteiger partial charge in [-0.05, 0) is 19.1 Å². The molecule has 0 saturated carbocycles. The number of methoxy groups -OCH3 is 1. The number of ether oxygens (including phenoxy) is 4. The Balaban J connectivity index is 0.000000239. The van der Waals surface area contributed by atoms with E-state index in [-0.39, 0.29) is 24.1 Å². The molecule has 2 unspecified atom stereocenters. The van der Waals surface area contributed by atoms with Gasteiger partial charge in [-0.25, -0.2) is 4.79 Å². The van der Waals surface area contributed by atoms with E-state index in [9.17, 15) is 9.59 Å². The molecular weight excluding hydrogens is 288 g/mol. The van der Waals surface area contributed by atoms with Gasteiger partial charge in [-0.1, -0.05) is 18.2 Å². The third-order valence-corrected chi connectivity index (χ3v) is 2.74. The molecule has 0 aromatic heterocycles. The Hall–Kier alpha value is -1.92. The predicted molar refractivity (Wildman–Crippen MR) is 79.6 cm³/mol. The van der Waals surface area contributed by atoms with Crippen molar-refractivity contribution in [3.8, 4) is 0 Å². The highest BCUT2D eigenvalue weighted by Gasteiger charge is 2.24. The number of rotatable bonds is 6. The van der Waals surface area contributed by atoms with E-state index < -0.39 is 0 Å². The lowest BCUT2D eigenvalue weighted by molar-refractivity contribution is -0.144. The number of benzene rings is 1. The molecule has 1 fully saturated rings. The van der Waals surface area contributed by atoms with Crippen molar-refractivity contribution in [3.63, 3.8) is 0 Å². The predicted octanol–water partition coefficient (Wildman–Crippen LogP) is 1.83. The van der Waals surface area contributed by atoms with Gasteiger partial charge in [-0.3, -0.25) is 4.79 Å². The number of hydrogen-bond donors (Lipinski definition) is 0. The molecule has 0 aliphatic carbocycles. The van der Waals surface area contributed by atoms with Gasteiger partial charge in [-0.2, -0.15) is 0 Å². The van der Waals surface area contributed by atoms with E-state index >= 15 is 0 Å². The molecule has 22 heavy (non-hydrogen) atoms. The first-order chi connectivity index (χ1) is 10.5. The first-order valence-corrected chi connectivity index (χ1v) is 7.02.